The minimum Gasteiger partial charge on any atom is -0.497 e. The molecule has 5 heteroatoms. The minimum absolute atomic E-state index is 0.173. The Kier molecular flexibility index (Phi) is 3.04. The van der Waals surface area contributed by atoms with E-state index in [1.54, 1.807) is 26.4 Å². The second-order valence-corrected chi connectivity index (χ2v) is 3.54. The highest BCUT2D eigenvalue weighted by Crippen LogP contribution is 2.39. The van der Waals surface area contributed by atoms with Crippen LogP contribution in [0.25, 0.3) is 0 Å². The van der Waals surface area contributed by atoms with E-state index in [1.165, 1.54) is 0 Å². The third-order valence-electron chi connectivity index (χ3n) is 2.21. The van der Waals surface area contributed by atoms with Crippen LogP contribution in [-0.4, -0.2) is 21.0 Å². The molecule has 0 aromatic heterocycles. The molecule has 0 saturated carbocycles. The molecule has 1 unspecified atom stereocenters. The van der Waals surface area contributed by atoms with Crippen LogP contribution in [0.3, 0.4) is 0 Å². The van der Waals surface area contributed by atoms with Crippen LogP contribution in [0.4, 0.5) is 0 Å². The van der Waals surface area contributed by atoms with Crippen molar-refractivity contribution in [3.63, 3.8) is 0 Å². The van der Waals surface area contributed by atoms with Gasteiger partial charge in [0.05, 0.1) is 12.7 Å². The first-order chi connectivity index (χ1) is 7.26. The molecule has 0 bridgehead atoms. The molecule has 1 heterocycles. The van der Waals surface area contributed by atoms with E-state index in [1.807, 2.05) is 0 Å². The van der Waals surface area contributed by atoms with E-state index in [0.717, 1.165) is 10.5 Å². The molecule has 1 aromatic rings. The molecule has 1 aliphatic heterocycles. The maximum atomic E-state index is 5.35. The summed E-state index contributed by atoms with van der Waals surface area (Å²) in [6.45, 7) is 0.173. The van der Waals surface area contributed by atoms with Gasteiger partial charge in [0.1, 0.15) is 11.5 Å². The summed E-state index contributed by atoms with van der Waals surface area (Å²) in [4.78, 5) is 0.732. The Morgan fingerprint density at radius 2 is 2.20 bits per heavy atom. The molecule has 1 atom stereocenters. The monoisotopic (exact) mass is 228 g/mol. The van der Waals surface area contributed by atoms with Crippen LogP contribution in [0.5, 0.6) is 11.5 Å². The second-order valence-electron chi connectivity index (χ2n) is 3.05. The van der Waals surface area contributed by atoms with Crippen LogP contribution in [0.1, 0.15) is 11.9 Å². The Hall–Kier alpha value is -0.910. The largest absolute Gasteiger partial charge is 0.497 e. The molecular weight excluding hydrogens is 216 g/mol. The summed E-state index contributed by atoms with van der Waals surface area (Å²) < 4.78 is 20.9. The van der Waals surface area contributed by atoms with Crippen molar-refractivity contribution >= 4 is 12.6 Å². The van der Waals surface area contributed by atoms with Gasteiger partial charge in [-0.3, -0.25) is 0 Å². The van der Waals surface area contributed by atoms with Crippen molar-refractivity contribution < 1.29 is 18.9 Å². The summed E-state index contributed by atoms with van der Waals surface area (Å²) in [7, 11) is 3.18. The Bertz CT molecular complexity index is 367. The Labute approximate surface area is 93.5 Å². The first-order valence-electron chi connectivity index (χ1n) is 4.44. The van der Waals surface area contributed by atoms with Gasteiger partial charge >= 0.3 is 0 Å². The van der Waals surface area contributed by atoms with E-state index in [9.17, 15) is 0 Å². The van der Waals surface area contributed by atoms with E-state index in [4.69, 9.17) is 18.9 Å². The first kappa shape index (κ1) is 10.6. The molecule has 1 aromatic carbocycles. The normalized spacial score (nSPS) is 19.3. The van der Waals surface area contributed by atoms with Crippen LogP contribution < -0.4 is 9.47 Å². The average Bonchev–Trinajstić information content (AvgIpc) is 2.27. The van der Waals surface area contributed by atoms with Gasteiger partial charge in [-0.2, -0.15) is 0 Å². The SMILES string of the molecule is COc1cc(S)c2c(c1)OCOC2OC. The smallest absolute Gasteiger partial charge is 0.192 e. The molecule has 0 aliphatic carbocycles. The quantitative estimate of drug-likeness (QED) is 0.785. The molecule has 15 heavy (non-hydrogen) atoms. The van der Waals surface area contributed by atoms with Crippen LogP contribution in [0.15, 0.2) is 17.0 Å². The average molecular weight is 228 g/mol. The molecule has 0 amide bonds. The number of thiol groups is 1. The highest BCUT2D eigenvalue weighted by atomic mass is 32.1. The molecule has 82 valence electrons. The van der Waals surface area contributed by atoms with E-state index in [2.05, 4.69) is 12.6 Å². The van der Waals surface area contributed by atoms with Crippen LogP contribution in [0, 0.1) is 0 Å². The molecule has 0 radical (unpaired) electrons. The van der Waals surface area contributed by atoms with Gasteiger partial charge in [-0.1, -0.05) is 0 Å². The zero-order valence-corrected chi connectivity index (χ0v) is 9.41. The van der Waals surface area contributed by atoms with E-state index in [-0.39, 0.29) is 6.79 Å². The third kappa shape index (κ3) is 1.90. The Morgan fingerprint density at radius 3 is 2.87 bits per heavy atom. The molecule has 0 spiro atoms. The number of methoxy groups -OCH3 is 2. The summed E-state index contributed by atoms with van der Waals surface area (Å²) in [5.74, 6) is 1.40. The van der Waals surface area contributed by atoms with Gasteiger partial charge in [0.2, 0.25) is 0 Å². The molecule has 2 rings (SSSR count). The van der Waals surface area contributed by atoms with Gasteiger partial charge in [-0.05, 0) is 6.07 Å². The van der Waals surface area contributed by atoms with Crippen molar-refractivity contribution in [1.29, 1.82) is 0 Å². The molecule has 0 fully saturated rings. The van der Waals surface area contributed by atoms with Gasteiger partial charge in [0.15, 0.2) is 13.1 Å². The molecule has 4 nitrogen and oxygen atoms in total. The topological polar surface area (TPSA) is 36.9 Å². The predicted octanol–water partition coefficient (Wildman–Crippen LogP) is 2.00. The zero-order chi connectivity index (χ0) is 10.8. The minimum atomic E-state index is -0.424. The highest BCUT2D eigenvalue weighted by Gasteiger charge is 2.25. The summed E-state index contributed by atoms with van der Waals surface area (Å²) >= 11 is 4.35. The van der Waals surface area contributed by atoms with Crippen molar-refractivity contribution in [2.24, 2.45) is 0 Å². The van der Waals surface area contributed by atoms with Gasteiger partial charge in [-0.15, -0.1) is 12.6 Å². The summed E-state index contributed by atoms with van der Waals surface area (Å²) in [6, 6.07) is 3.59. The summed E-state index contributed by atoms with van der Waals surface area (Å²) in [5.41, 5.74) is 0.799. The maximum Gasteiger partial charge on any atom is 0.192 e. The number of fused-ring (bicyclic) bond motifs is 1. The lowest BCUT2D eigenvalue weighted by molar-refractivity contribution is -0.182. The lowest BCUT2D eigenvalue weighted by Gasteiger charge is -2.26. The summed E-state index contributed by atoms with van der Waals surface area (Å²) in [5, 5.41) is 0. The van der Waals surface area contributed by atoms with E-state index < -0.39 is 6.29 Å². The number of hydrogen-bond donors (Lipinski definition) is 1. The predicted molar refractivity (Wildman–Crippen MR) is 56.6 cm³/mol. The fraction of sp³-hybridized carbons (Fsp3) is 0.400. The lowest BCUT2D eigenvalue weighted by atomic mass is 10.1. The van der Waals surface area contributed by atoms with Crippen molar-refractivity contribution in [3.8, 4) is 11.5 Å². The molecular formula is C10H12O4S. The Balaban J connectivity index is 2.47. The van der Waals surface area contributed by atoms with Crippen LogP contribution >= 0.6 is 12.6 Å². The molecule has 0 saturated heterocycles. The fourth-order valence-electron chi connectivity index (χ4n) is 1.49. The zero-order valence-electron chi connectivity index (χ0n) is 8.52. The highest BCUT2D eigenvalue weighted by molar-refractivity contribution is 7.80. The van der Waals surface area contributed by atoms with Gasteiger partial charge in [0.25, 0.3) is 0 Å². The second kappa shape index (κ2) is 4.30. The Morgan fingerprint density at radius 1 is 1.40 bits per heavy atom. The number of hydrogen-bond acceptors (Lipinski definition) is 5. The maximum absolute atomic E-state index is 5.35. The molecule has 1 aliphatic rings. The molecule has 0 N–H and O–H groups in total. The van der Waals surface area contributed by atoms with E-state index >= 15 is 0 Å². The van der Waals surface area contributed by atoms with Crippen molar-refractivity contribution in [3.05, 3.63) is 17.7 Å². The van der Waals surface area contributed by atoms with Crippen molar-refractivity contribution in [1.82, 2.24) is 0 Å². The fourth-order valence-corrected chi connectivity index (χ4v) is 1.83. The van der Waals surface area contributed by atoms with Crippen LogP contribution in [0.2, 0.25) is 0 Å². The van der Waals surface area contributed by atoms with Gasteiger partial charge in [0, 0.05) is 18.1 Å². The third-order valence-corrected chi connectivity index (χ3v) is 2.58. The van der Waals surface area contributed by atoms with Crippen molar-refractivity contribution in [2.45, 2.75) is 11.2 Å². The number of ether oxygens (including phenoxy) is 4. The first-order valence-corrected chi connectivity index (χ1v) is 4.89. The van der Waals surface area contributed by atoms with Gasteiger partial charge < -0.3 is 18.9 Å². The lowest BCUT2D eigenvalue weighted by Crippen LogP contribution is -2.19. The number of benzene rings is 1. The van der Waals surface area contributed by atoms with Crippen molar-refractivity contribution in [2.75, 3.05) is 21.0 Å². The number of rotatable bonds is 2. The van der Waals surface area contributed by atoms with Crippen LogP contribution in [-0.2, 0) is 9.47 Å². The standard InChI is InChI=1S/C10H12O4S/c1-11-6-3-7-9(8(15)4-6)10(12-2)14-5-13-7/h3-4,10,15H,5H2,1-2H3. The van der Waals surface area contributed by atoms with E-state index in [0.29, 0.717) is 11.5 Å². The van der Waals surface area contributed by atoms with Gasteiger partial charge in [-0.25, -0.2) is 0 Å². The summed E-state index contributed by atoms with van der Waals surface area (Å²) in [6.07, 6.45) is -0.424.